The van der Waals surface area contributed by atoms with Crippen molar-refractivity contribution in [3.05, 3.63) is 12.2 Å². The number of dihydropyridines is 1. The van der Waals surface area contributed by atoms with E-state index in [-0.39, 0.29) is 6.54 Å². The molecule has 0 aliphatic carbocycles. The van der Waals surface area contributed by atoms with Crippen molar-refractivity contribution in [2.45, 2.75) is 5.60 Å². The molecule has 0 spiro atoms. The molecular weight excluding hydrogens is 194 g/mol. The molecule has 0 saturated heterocycles. The summed E-state index contributed by atoms with van der Waals surface area (Å²) in [5, 5.41) is 0.358. The van der Waals surface area contributed by atoms with Gasteiger partial charge in [-0.15, -0.1) is 0 Å². The number of allylic oxidation sites excluding steroid dienone is 1. The Balaban J connectivity index is 2.86. The maximum absolute atomic E-state index is 11.3. The van der Waals surface area contributed by atoms with Crippen molar-refractivity contribution in [1.29, 1.82) is 0 Å². The number of carbonyl (C=O) groups excluding carboxylic acids is 1. The molecule has 0 bridgehead atoms. The summed E-state index contributed by atoms with van der Waals surface area (Å²) in [7, 11) is 2.73. The average molecular weight is 204 g/mol. The second-order valence-corrected chi connectivity index (χ2v) is 2.94. The number of halogens is 1. The minimum absolute atomic E-state index is 0.158. The van der Waals surface area contributed by atoms with Gasteiger partial charge in [0.25, 0.3) is 0 Å². The summed E-state index contributed by atoms with van der Waals surface area (Å²) >= 11 is 5.60. The monoisotopic (exact) mass is 203 g/mol. The van der Waals surface area contributed by atoms with Crippen LogP contribution in [0, 0.1) is 0 Å². The molecule has 1 rings (SSSR count). The Morgan fingerprint density at radius 1 is 1.69 bits per heavy atom. The summed E-state index contributed by atoms with van der Waals surface area (Å²) in [6.45, 7) is 0.158. The predicted octanol–water partition coefficient (Wildman–Crippen LogP) is 0.752. The Bertz CT molecular complexity index is 275. The van der Waals surface area contributed by atoms with Crippen LogP contribution in [0.4, 0.5) is 0 Å². The lowest BCUT2D eigenvalue weighted by atomic mass is 10.0. The van der Waals surface area contributed by atoms with Crippen molar-refractivity contribution in [3.63, 3.8) is 0 Å². The van der Waals surface area contributed by atoms with Crippen LogP contribution >= 0.6 is 11.6 Å². The zero-order valence-corrected chi connectivity index (χ0v) is 8.17. The van der Waals surface area contributed by atoms with Crippen LogP contribution in [0.5, 0.6) is 0 Å². The molecule has 0 aromatic rings. The first-order chi connectivity index (χ1) is 6.14. The van der Waals surface area contributed by atoms with Crippen LogP contribution in [0.15, 0.2) is 17.1 Å². The van der Waals surface area contributed by atoms with Gasteiger partial charge >= 0.3 is 5.97 Å². The van der Waals surface area contributed by atoms with Crippen LogP contribution in [0.3, 0.4) is 0 Å². The summed E-state index contributed by atoms with van der Waals surface area (Å²) < 4.78 is 9.64. The number of rotatable bonds is 2. The van der Waals surface area contributed by atoms with Gasteiger partial charge in [0.2, 0.25) is 5.60 Å². The van der Waals surface area contributed by atoms with Crippen LogP contribution in [0.2, 0.25) is 0 Å². The van der Waals surface area contributed by atoms with Gasteiger partial charge in [-0.1, -0.05) is 11.6 Å². The van der Waals surface area contributed by atoms with Crippen molar-refractivity contribution in [2.75, 3.05) is 20.8 Å². The van der Waals surface area contributed by atoms with E-state index >= 15 is 0 Å². The van der Waals surface area contributed by atoms with Crippen molar-refractivity contribution in [3.8, 4) is 0 Å². The first-order valence-corrected chi connectivity index (χ1v) is 4.05. The molecule has 0 aromatic carbocycles. The van der Waals surface area contributed by atoms with Crippen LogP contribution in [-0.2, 0) is 14.3 Å². The molecule has 1 unspecified atom stereocenters. The fourth-order valence-corrected chi connectivity index (χ4v) is 1.15. The normalized spacial score (nSPS) is 26.8. The van der Waals surface area contributed by atoms with E-state index in [4.69, 9.17) is 16.3 Å². The third-order valence-corrected chi connectivity index (χ3v) is 2.10. The highest BCUT2D eigenvalue weighted by atomic mass is 35.5. The van der Waals surface area contributed by atoms with E-state index in [1.807, 2.05) is 0 Å². The van der Waals surface area contributed by atoms with Gasteiger partial charge in [0.05, 0.1) is 13.7 Å². The van der Waals surface area contributed by atoms with Gasteiger partial charge in [0.15, 0.2) is 0 Å². The zero-order valence-electron chi connectivity index (χ0n) is 7.41. The van der Waals surface area contributed by atoms with Gasteiger partial charge in [0.1, 0.15) is 5.17 Å². The van der Waals surface area contributed by atoms with Crippen molar-refractivity contribution in [2.24, 2.45) is 4.99 Å². The Labute approximate surface area is 81.2 Å². The number of methoxy groups -OCH3 is 2. The molecule has 0 aromatic heterocycles. The SMILES string of the molecule is COC(=O)C1(OC)C=CC(Cl)=NC1. The van der Waals surface area contributed by atoms with E-state index in [0.717, 1.165) is 0 Å². The van der Waals surface area contributed by atoms with Crippen molar-refractivity contribution >= 4 is 22.7 Å². The fraction of sp³-hybridized carbons (Fsp3) is 0.500. The topological polar surface area (TPSA) is 47.9 Å². The van der Waals surface area contributed by atoms with E-state index < -0.39 is 11.6 Å². The highest BCUT2D eigenvalue weighted by Crippen LogP contribution is 2.19. The molecule has 1 heterocycles. The molecule has 1 atom stereocenters. The largest absolute Gasteiger partial charge is 0.467 e. The maximum Gasteiger partial charge on any atom is 0.344 e. The Hall–Kier alpha value is -0.870. The number of hydrogen-bond acceptors (Lipinski definition) is 4. The number of hydrogen-bond donors (Lipinski definition) is 0. The molecule has 4 nitrogen and oxygen atoms in total. The second-order valence-electron chi connectivity index (χ2n) is 2.56. The summed E-state index contributed by atoms with van der Waals surface area (Å²) in [5.41, 5.74) is -1.10. The zero-order chi connectivity index (χ0) is 9.90. The average Bonchev–Trinajstić information content (AvgIpc) is 2.18. The smallest absolute Gasteiger partial charge is 0.344 e. The highest BCUT2D eigenvalue weighted by molar-refractivity contribution is 6.68. The second kappa shape index (κ2) is 3.89. The van der Waals surface area contributed by atoms with Gasteiger partial charge in [-0.2, -0.15) is 0 Å². The molecule has 0 radical (unpaired) electrons. The number of esters is 1. The van der Waals surface area contributed by atoms with E-state index in [1.165, 1.54) is 20.3 Å². The lowest BCUT2D eigenvalue weighted by Crippen LogP contribution is -2.44. The molecule has 0 N–H and O–H groups in total. The third kappa shape index (κ3) is 1.89. The van der Waals surface area contributed by atoms with Crippen LogP contribution in [0.25, 0.3) is 0 Å². The van der Waals surface area contributed by atoms with E-state index in [2.05, 4.69) is 9.73 Å². The fourth-order valence-electron chi connectivity index (χ4n) is 1.02. The minimum Gasteiger partial charge on any atom is -0.467 e. The molecule has 1 aliphatic heterocycles. The lowest BCUT2D eigenvalue weighted by Gasteiger charge is -2.26. The van der Waals surface area contributed by atoms with Crippen LogP contribution in [0.1, 0.15) is 0 Å². The summed E-state index contributed by atoms with van der Waals surface area (Å²) in [5.74, 6) is -0.473. The maximum atomic E-state index is 11.3. The van der Waals surface area contributed by atoms with Crippen molar-refractivity contribution < 1.29 is 14.3 Å². The highest BCUT2D eigenvalue weighted by Gasteiger charge is 2.38. The van der Waals surface area contributed by atoms with Crippen LogP contribution < -0.4 is 0 Å². The Morgan fingerprint density at radius 3 is 2.77 bits per heavy atom. The quantitative estimate of drug-likeness (QED) is 0.623. The third-order valence-electron chi connectivity index (χ3n) is 1.85. The molecule has 13 heavy (non-hydrogen) atoms. The molecule has 72 valence electrons. The standard InChI is InChI=1S/C8H10ClNO3/c1-12-7(11)8(13-2)4-3-6(9)10-5-8/h3-4H,5H2,1-2H3. The Kier molecular flexibility index (Phi) is 3.06. The molecule has 0 amide bonds. The lowest BCUT2D eigenvalue weighted by molar-refractivity contribution is -0.159. The first-order valence-electron chi connectivity index (χ1n) is 3.67. The predicted molar refractivity (Wildman–Crippen MR) is 49.1 cm³/mol. The number of aliphatic imine (C=N–C) groups is 1. The van der Waals surface area contributed by atoms with Gasteiger partial charge < -0.3 is 9.47 Å². The minimum atomic E-state index is -1.10. The van der Waals surface area contributed by atoms with Gasteiger partial charge in [-0.3, -0.25) is 4.99 Å². The number of ether oxygens (including phenoxy) is 2. The summed E-state index contributed by atoms with van der Waals surface area (Å²) in [6, 6.07) is 0. The number of carbonyl (C=O) groups is 1. The molecule has 5 heteroatoms. The molecule has 0 saturated carbocycles. The van der Waals surface area contributed by atoms with Crippen LogP contribution in [-0.4, -0.2) is 37.5 Å². The van der Waals surface area contributed by atoms with Gasteiger partial charge in [0, 0.05) is 7.11 Å². The Morgan fingerprint density at radius 2 is 2.38 bits per heavy atom. The number of nitrogens with zero attached hydrogens (tertiary/aromatic N) is 1. The van der Waals surface area contributed by atoms with E-state index in [9.17, 15) is 4.79 Å². The summed E-state index contributed by atoms with van der Waals surface area (Å²) in [6.07, 6.45) is 3.07. The van der Waals surface area contributed by atoms with Gasteiger partial charge in [-0.05, 0) is 12.2 Å². The first kappa shape index (κ1) is 10.2. The van der Waals surface area contributed by atoms with Crippen molar-refractivity contribution in [1.82, 2.24) is 0 Å². The molecule has 0 fully saturated rings. The molecule has 1 aliphatic rings. The summed E-state index contributed by atoms with van der Waals surface area (Å²) in [4.78, 5) is 15.2. The van der Waals surface area contributed by atoms with Gasteiger partial charge in [-0.25, -0.2) is 4.79 Å². The molecular formula is C8H10ClNO3. The van der Waals surface area contributed by atoms with E-state index in [0.29, 0.717) is 5.17 Å². The van der Waals surface area contributed by atoms with E-state index in [1.54, 1.807) is 6.08 Å².